The standard InChI is InChI=1S/C12H13Br2N3/c1-2-3-7-4-8-5-9(13)6-10(14)11(8)16-12(7)17-15/h4-6H,2-3,15H2,1H3,(H,16,17). The molecule has 3 N–H and O–H groups in total. The number of aryl methyl sites for hydroxylation is 1. The molecule has 3 nitrogen and oxygen atoms in total. The fraction of sp³-hybridized carbons (Fsp3) is 0.250. The first-order chi connectivity index (χ1) is 8.15. The minimum absolute atomic E-state index is 0.752. The summed E-state index contributed by atoms with van der Waals surface area (Å²) in [5.41, 5.74) is 4.73. The van der Waals surface area contributed by atoms with E-state index in [1.165, 1.54) is 0 Å². The van der Waals surface area contributed by atoms with Gasteiger partial charge in [-0.2, -0.15) is 0 Å². The van der Waals surface area contributed by atoms with Crippen molar-refractivity contribution in [1.82, 2.24) is 4.98 Å². The van der Waals surface area contributed by atoms with Crippen LogP contribution in [0.25, 0.3) is 10.9 Å². The van der Waals surface area contributed by atoms with E-state index in [0.29, 0.717) is 0 Å². The Morgan fingerprint density at radius 3 is 2.71 bits per heavy atom. The van der Waals surface area contributed by atoms with E-state index >= 15 is 0 Å². The van der Waals surface area contributed by atoms with Gasteiger partial charge in [0.2, 0.25) is 0 Å². The molecular formula is C12H13Br2N3. The summed E-state index contributed by atoms with van der Waals surface area (Å²) in [4.78, 5) is 4.55. The van der Waals surface area contributed by atoms with Gasteiger partial charge in [0.1, 0.15) is 5.82 Å². The van der Waals surface area contributed by atoms with Gasteiger partial charge in [0.05, 0.1) is 5.52 Å². The molecule has 0 aliphatic rings. The lowest BCUT2D eigenvalue weighted by molar-refractivity contribution is 0.917. The molecule has 0 radical (unpaired) electrons. The van der Waals surface area contributed by atoms with Crippen LogP contribution >= 0.6 is 31.9 Å². The summed E-state index contributed by atoms with van der Waals surface area (Å²) >= 11 is 7.00. The molecule has 2 rings (SSSR count). The van der Waals surface area contributed by atoms with E-state index in [-0.39, 0.29) is 0 Å². The van der Waals surface area contributed by atoms with Crippen molar-refractivity contribution < 1.29 is 0 Å². The second kappa shape index (κ2) is 5.33. The molecule has 1 aromatic carbocycles. The van der Waals surface area contributed by atoms with Crippen LogP contribution in [-0.2, 0) is 6.42 Å². The topological polar surface area (TPSA) is 50.9 Å². The number of nitrogens with one attached hydrogen (secondary N) is 1. The van der Waals surface area contributed by atoms with Crippen LogP contribution in [0.4, 0.5) is 5.82 Å². The number of fused-ring (bicyclic) bond motifs is 1. The first kappa shape index (κ1) is 12.8. The Morgan fingerprint density at radius 1 is 1.29 bits per heavy atom. The van der Waals surface area contributed by atoms with Crippen LogP contribution in [-0.4, -0.2) is 4.98 Å². The van der Waals surface area contributed by atoms with Crippen LogP contribution < -0.4 is 11.3 Å². The molecular weight excluding hydrogens is 346 g/mol. The van der Waals surface area contributed by atoms with E-state index in [0.717, 1.165) is 44.1 Å². The molecule has 5 heteroatoms. The average molecular weight is 359 g/mol. The van der Waals surface area contributed by atoms with E-state index in [2.05, 4.69) is 61.3 Å². The SMILES string of the molecule is CCCc1cc2cc(Br)cc(Br)c2nc1NN. The summed E-state index contributed by atoms with van der Waals surface area (Å²) in [6.45, 7) is 2.14. The lowest BCUT2D eigenvalue weighted by Gasteiger charge is -2.10. The second-order valence-corrected chi connectivity index (χ2v) is 5.62. The number of hydrogen-bond acceptors (Lipinski definition) is 3. The Bertz CT molecular complexity index is 555. The van der Waals surface area contributed by atoms with Crippen molar-refractivity contribution in [3.8, 4) is 0 Å². The van der Waals surface area contributed by atoms with Crippen molar-refractivity contribution in [2.75, 3.05) is 5.43 Å². The van der Waals surface area contributed by atoms with Gasteiger partial charge in [0.25, 0.3) is 0 Å². The number of nitrogens with zero attached hydrogens (tertiary/aromatic N) is 1. The quantitative estimate of drug-likeness (QED) is 0.644. The average Bonchev–Trinajstić information content (AvgIpc) is 2.28. The maximum absolute atomic E-state index is 5.51. The highest BCUT2D eigenvalue weighted by molar-refractivity contribution is 9.11. The molecule has 0 amide bonds. The summed E-state index contributed by atoms with van der Waals surface area (Å²) in [6, 6.07) is 6.18. The number of aromatic nitrogens is 1. The van der Waals surface area contributed by atoms with Gasteiger partial charge < -0.3 is 5.43 Å². The van der Waals surface area contributed by atoms with Crippen molar-refractivity contribution in [3.63, 3.8) is 0 Å². The fourth-order valence-corrected chi connectivity index (χ4v) is 3.19. The summed E-state index contributed by atoms with van der Waals surface area (Å²) in [7, 11) is 0. The molecule has 0 saturated carbocycles. The van der Waals surface area contributed by atoms with Crippen LogP contribution in [0.15, 0.2) is 27.1 Å². The normalized spacial score (nSPS) is 10.8. The highest BCUT2D eigenvalue weighted by Crippen LogP contribution is 2.30. The number of anilines is 1. The number of benzene rings is 1. The minimum Gasteiger partial charge on any atom is -0.308 e. The van der Waals surface area contributed by atoms with Crippen LogP contribution in [0, 0.1) is 0 Å². The predicted molar refractivity (Wildman–Crippen MR) is 78.9 cm³/mol. The maximum atomic E-state index is 5.51. The summed E-state index contributed by atoms with van der Waals surface area (Å²) in [5, 5.41) is 1.11. The summed E-state index contributed by atoms with van der Waals surface area (Å²) < 4.78 is 2.00. The number of nitrogens with two attached hydrogens (primary N) is 1. The molecule has 0 saturated heterocycles. The zero-order valence-electron chi connectivity index (χ0n) is 9.43. The third-order valence-electron chi connectivity index (χ3n) is 2.57. The van der Waals surface area contributed by atoms with E-state index in [1.54, 1.807) is 0 Å². The molecule has 0 spiro atoms. The predicted octanol–water partition coefficient (Wildman–Crippen LogP) is 4.00. The molecule has 2 aromatic rings. The van der Waals surface area contributed by atoms with Crippen molar-refractivity contribution in [3.05, 3.63) is 32.7 Å². The number of halogens is 2. The highest BCUT2D eigenvalue weighted by atomic mass is 79.9. The maximum Gasteiger partial charge on any atom is 0.143 e. The molecule has 1 aromatic heterocycles. The van der Waals surface area contributed by atoms with Gasteiger partial charge in [-0.3, -0.25) is 0 Å². The van der Waals surface area contributed by atoms with Crippen LogP contribution in [0.1, 0.15) is 18.9 Å². The van der Waals surface area contributed by atoms with Gasteiger partial charge in [-0.15, -0.1) is 0 Å². The van der Waals surface area contributed by atoms with Crippen molar-refractivity contribution in [1.29, 1.82) is 0 Å². The Balaban J connectivity index is 2.69. The smallest absolute Gasteiger partial charge is 0.143 e. The molecule has 0 aliphatic carbocycles. The van der Waals surface area contributed by atoms with Crippen molar-refractivity contribution >= 4 is 48.6 Å². The first-order valence-corrected chi connectivity index (χ1v) is 6.99. The van der Waals surface area contributed by atoms with Crippen LogP contribution in [0.3, 0.4) is 0 Å². The third-order valence-corrected chi connectivity index (χ3v) is 3.63. The second-order valence-electron chi connectivity index (χ2n) is 3.85. The Labute approximate surface area is 117 Å². The molecule has 1 heterocycles. The number of hydrogen-bond donors (Lipinski definition) is 2. The Morgan fingerprint density at radius 2 is 2.06 bits per heavy atom. The van der Waals surface area contributed by atoms with Crippen LogP contribution in [0.2, 0.25) is 0 Å². The molecule has 0 fully saturated rings. The van der Waals surface area contributed by atoms with Gasteiger partial charge in [-0.1, -0.05) is 29.3 Å². The van der Waals surface area contributed by atoms with Gasteiger partial charge in [0, 0.05) is 14.3 Å². The molecule has 0 atom stereocenters. The van der Waals surface area contributed by atoms with Crippen LogP contribution in [0.5, 0.6) is 0 Å². The molecule has 0 unspecified atom stereocenters. The lowest BCUT2D eigenvalue weighted by Crippen LogP contribution is -2.11. The van der Waals surface area contributed by atoms with E-state index in [4.69, 9.17) is 5.84 Å². The Hall–Kier alpha value is -0.650. The monoisotopic (exact) mass is 357 g/mol. The molecule has 0 aliphatic heterocycles. The van der Waals surface area contributed by atoms with Crippen molar-refractivity contribution in [2.24, 2.45) is 5.84 Å². The number of pyridine rings is 1. The first-order valence-electron chi connectivity index (χ1n) is 5.41. The molecule has 17 heavy (non-hydrogen) atoms. The fourth-order valence-electron chi connectivity index (χ4n) is 1.84. The van der Waals surface area contributed by atoms with Gasteiger partial charge in [-0.05, 0) is 46.1 Å². The minimum atomic E-state index is 0.752. The molecule has 0 bridgehead atoms. The van der Waals surface area contributed by atoms with Crippen molar-refractivity contribution in [2.45, 2.75) is 19.8 Å². The highest BCUT2D eigenvalue weighted by Gasteiger charge is 2.08. The van der Waals surface area contributed by atoms with Gasteiger partial charge in [0.15, 0.2) is 0 Å². The zero-order valence-corrected chi connectivity index (χ0v) is 12.6. The summed E-state index contributed by atoms with van der Waals surface area (Å²) in [5.74, 6) is 6.27. The number of hydrazine groups is 1. The van der Waals surface area contributed by atoms with Gasteiger partial charge in [-0.25, -0.2) is 10.8 Å². The van der Waals surface area contributed by atoms with Gasteiger partial charge >= 0.3 is 0 Å². The lowest BCUT2D eigenvalue weighted by atomic mass is 10.1. The largest absolute Gasteiger partial charge is 0.308 e. The summed E-state index contributed by atoms with van der Waals surface area (Å²) in [6.07, 6.45) is 2.03. The molecule has 90 valence electrons. The number of nitrogen functional groups attached to an aromatic ring is 1. The number of rotatable bonds is 3. The third kappa shape index (κ3) is 2.61. The zero-order chi connectivity index (χ0) is 12.4. The van der Waals surface area contributed by atoms with E-state index < -0.39 is 0 Å². The van der Waals surface area contributed by atoms with E-state index in [9.17, 15) is 0 Å². The Kier molecular flexibility index (Phi) is 4.01. The van der Waals surface area contributed by atoms with E-state index in [1.807, 2.05) is 6.07 Å².